The van der Waals surface area contributed by atoms with Crippen molar-refractivity contribution in [3.05, 3.63) is 46.3 Å². The average molecular weight is 371 g/mol. The molecule has 0 aliphatic carbocycles. The number of rotatable bonds is 3. The molecule has 2 heterocycles. The molecule has 0 saturated carbocycles. The van der Waals surface area contributed by atoms with Crippen LogP contribution in [0.5, 0.6) is 0 Å². The van der Waals surface area contributed by atoms with E-state index < -0.39 is 10.0 Å². The lowest BCUT2D eigenvalue weighted by Gasteiger charge is -2.40. The van der Waals surface area contributed by atoms with E-state index in [1.807, 2.05) is 6.07 Å². The third kappa shape index (κ3) is 3.40. The molecular weight excluding hydrogens is 352 g/mol. The van der Waals surface area contributed by atoms with Gasteiger partial charge in [-0.05, 0) is 43.7 Å². The van der Waals surface area contributed by atoms with E-state index >= 15 is 0 Å². The summed E-state index contributed by atoms with van der Waals surface area (Å²) in [5.74, 6) is 0. The molecule has 1 fully saturated rings. The molecule has 1 aliphatic rings. The third-order valence-electron chi connectivity index (χ3n) is 4.07. The van der Waals surface area contributed by atoms with Crippen molar-refractivity contribution in [1.29, 1.82) is 0 Å². The number of thiophene rings is 1. The number of nitrogens with zero attached hydrogens (tertiary/aromatic N) is 2. The van der Waals surface area contributed by atoms with Crippen LogP contribution in [0.3, 0.4) is 0 Å². The van der Waals surface area contributed by atoms with E-state index in [0.717, 1.165) is 17.0 Å². The molecule has 1 aromatic heterocycles. The van der Waals surface area contributed by atoms with E-state index in [2.05, 4.69) is 36.9 Å². The Labute approximate surface area is 146 Å². The maximum absolute atomic E-state index is 12.7. The van der Waals surface area contributed by atoms with Gasteiger partial charge in [-0.3, -0.25) is 0 Å². The maximum atomic E-state index is 12.7. The summed E-state index contributed by atoms with van der Waals surface area (Å²) in [7, 11) is -3.45. The molecule has 1 saturated heterocycles. The standard InChI is InChI=1S/C16H19ClN2O2S2/c1-12-4-3-5-14(10-12)19-9-8-18(11-13(19)2)23(20,21)16-7-6-15(17)22-16/h3-7,10,13H,8-9,11H2,1-2H3. The van der Waals surface area contributed by atoms with Gasteiger partial charge in [0.05, 0.1) is 4.34 Å². The third-order valence-corrected chi connectivity index (χ3v) is 7.63. The lowest BCUT2D eigenvalue weighted by Crippen LogP contribution is -2.53. The zero-order valence-corrected chi connectivity index (χ0v) is 15.5. The Balaban J connectivity index is 1.78. The normalized spacial score (nSPS) is 20.0. The summed E-state index contributed by atoms with van der Waals surface area (Å²) in [6.45, 7) is 5.77. The molecule has 0 spiro atoms. The number of benzene rings is 1. The first-order valence-corrected chi connectivity index (χ1v) is 10.1. The number of anilines is 1. The van der Waals surface area contributed by atoms with Crippen LogP contribution in [0.2, 0.25) is 4.34 Å². The molecule has 0 amide bonds. The summed E-state index contributed by atoms with van der Waals surface area (Å²) in [5, 5.41) is 0. The van der Waals surface area contributed by atoms with E-state index in [4.69, 9.17) is 11.6 Å². The topological polar surface area (TPSA) is 40.6 Å². The van der Waals surface area contributed by atoms with E-state index in [-0.39, 0.29) is 6.04 Å². The van der Waals surface area contributed by atoms with Crippen molar-refractivity contribution >= 4 is 38.6 Å². The average Bonchev–Trinajstić information content (AvgIpc) is 2.94. The summed E-state index contributed by atoms with van der Waals surface area (Å²) in [4.78, 5) is 2.26. The predicted molar refractivity (Wildman–Crippen MR) is 96.1 cm³/mol. The van der Waals surface area contributed by atoms with Crippen LogP contribution in [-0.2, 0) is 10.0 Å². The zero-order valence-electron chi connectivity index (χ0n) is 13.1. The Morgan fingerprint density at radius 2 is 2.00 bits per heavy atom. The van der Waals surface area contributed by atoms with Crippen LogP contribution in [-0.4, -0.2) is 38.4 Å². The first-order valence-electron chi connectivity index (χ1n) is 7.47. The Morgan fingerprint density at radius 3 is 2.61 bits per heavy atom. The van der Waals surface area contributed by atoms with Crippen LogP contribution in [0.25, 0.3) is 0 Å². The summed E-state index contributed by atoms with van der Waals surface area (Å²) in [5.41, 5.74) is 2.35. The molecule has 4 nitrogen and oxygen atoms in total. The molecule has 3 rings (SSSR count). The Bertz CT molecular complexity index is 804. The SMILES string of the molecule is Cc1cccc(N2CCN(S(=O)(=O)c3ccc(Cl)s3)CC2C)c1. The number of hydrogen-bond acceptors (Lipinski definition) is 4. The molecule has 0 bridgehead atoms. The number of aryl methyl sites for hydroxylation is 1. The first kappa shape index (κ1) is 16.8. The molecule has 7 heteroatoms. The zero-order chi connectivity index (χ0) is 16.6. The molecule has 124 valence electrons. The first-order chi connectivity index (χ1) is 10.9. The van der Waals surface area contributed by atoms with Gasteiger partial charge in [-0.15, -0.1) is 11.3 Å². The highest BCUT2D eigenvalue weighted by Crippen LogP contribution is 2.30. The van der Waals surface area contributed by atoms with Crippen molar-refractivity contribution in [2.24, 2.45) is 0 Å². The smallest absolute Gasteiger partial charge is 0.252 e. The van der Waals surface area contributed by atoms with Crippen molar-refractivity contribution < 1.29 is 8.42 Å². The molecule has 1 aromatic carbocycles. The molecule has 1 aliphatic heterocycles. The van der Waals surface area contributed by atoms with Gasteiger partial charge in [0.25, 0.3) is 10.0 Å². The van der Waals surface area contributed by atoms with Crippen molar-refractivity contribution in [3.63, 3.8) is 0 Å². The van der Waals surface area contributed by atoms with Gasteiger partial charge >= 0.3 is 0 Å². The van der Waals surface area contributed by atoms with Gasteiger partial charge in [0.2, 0.25) is 0 Å². The molecule has 0 radical (unpaired) electrons. The van der Waals surface area contributed by atoms with E-state index in [9.17, 15) is 8.42 Å². The van der Waals surface area contributed by atoms with Crippen LogP contribution >= 0.6 is 22.9 Å². The molecule has 1 unspecified atom stereocenters. The highest BCUT2D eigenvalue weighted by Gasteiger charge is 2.33. The van der Waals surface area contributed by atoms with E-state index in [1.165, 1.54) is 5.56 Å². The van der Waals surface area contributed by atoms with Crippen LogP contribution in [0.15, 0.2) is 40.6 Å². The molecule has 0 N–H and O–H groups in total. The van der Waals surface area contributed by atoms with Crippen molar-refractivity contribution in [1.82, 2.24) is 4.31 Å². The highest BCUT2D eigenvalue weighted by molar-refractivity contribution is 7.91. The van der Waals surface area contributed by atoms with Crippen molar-refractivity contribution in [2.75, 3.05) is 24.5 Å². The fraction of sp³-hybridized carbons (Fsp3) is 0.375. The Hall–Kier alpha value is -1.08. The van der Waals surface area contributed by atoms with Gasteiger partial charge in [-0.2, -0.15) is 4.31 Å². The van der Waals surface area contributed by atoms with Crippen LogP contribution < -0.4 is 4.90 Å². The lowest BCUT2D eigenvalue weighted by molar-refractivity contribution is 0.343. The highest BCUT2D eigenvalue weighted by atomic mass is 35.5. The van der Waals surface area contributed by atoms with Crippen LogP contribution in [0.4, 0.5) is 5.69 Å². The van der Waals surface area contributed by atoms with Gasteiger partial charge in [0, 0.05) is 31.4 Å². The lowest BCUT2D eigenvalue weighted by atomic mass is 10.1. The van der Waals surface area contributed by atoms with Crippen molar-refractivity contribution in [2.45, 2.75) is 24.1 Å². The quantitative estimate of drug-likeness (QED) is 0.828. The fourth-order valence-electron chi connectivity index (χ4n) is 2.90. The Morgan fingerprint density at radius 1 is 1.22 bits per heavy atom. The van der Waals surface area contributed by atoms with Crippen LogP contribution in [0, 0.1) is 6.92 Å². The molecule has 1 atom stereocenters. The van der Waals surface area contributed by atoms with E-state index in [0.29, 0.717) is 28.2 Å². The van der Waals surface area contributed by atoms with E-state index in [1.54, 1.807) is 16.4 Å². The summed E-state index contributed by atoms with van der Waals surface area (Å²) < 4.78 is 27.8. The van der Waals surface area contributed by atoms with Crippen LogP contribution in [0.1, 0.15) is 12.5 Å². The second kappa shape index (κ2) is 6.43. The second-order valence-electron chi connectivity index (χ2n) is 5.80. The second-order valence-corrected chi connectivity index (χ2v) is 9.68. The van der Waals surface area contributed by atoms with Crippen molar-refractivity contribution in [3.8, 4) is 0 Å². The molecule has 23 heavy (non-hydrogen) atoms. The summed E-state index contributed by atoms with van der Waals surface area (Å²) in [6, 6.07) is 11.7. The maximum Gasteiger partial charge on any atom is 0.252 e. The number of sulfonamides is 1. The minimum Gasteiger partial charge on any atom is -0.366 e. The van der Waals surface area contributed by atoms with Gasteiger partial charge < -0.3 is 4.90 Å². The number of piperazine rings is 1. The monoisotopic (exact) mass is 370 g/mol. The number of halogens is 1. The molecular formula is C16H19ClN2O2S2. The molecule has 2 aromatic rings. The number of hydrogen-bond donors (Lipinski definition) is 0. The van der Waals surface area contributed by atoms with Gasteiger partial charge in [-0.25, -0.2) is 8.42 Å². The minimum absolute atomic E-state index is 0.121. The van der Waals surface area contributed by atoms with Gasteiger partial charge in [0.1, 0.15) is 4.21 Å². The predicted octanol–water partition coefficient (Wildman–Crippen LogP) is 3.61. The summed E-state index contributed by atoms with van der Waals surface area (Å²) in [6.07, 6.45) is 0. The minimum atomic E-state index is -3.45. The summed E-state index contributed by atoms with van der Waals surface area (Å²) >= 11 is 6.99. The van der Waals surface area contributed by atoms with Gasteiger partial charge in [-0.1, -0.05) is 23.7 Å². The Kier molecular flexibility index (Phi) is 4.69. The van der Waals surface area contributed by atoms with Gasteiger partial charge in [0.15, 0.2) is 0 Å². The fourth-order valence-corrected chi connectivity index (χ4v) is 6.05. The largest absolute Gasteiger partial charge is 0.366 e.